The summed E-state index contributed by atoms with van der Waals surface area (Å²) >= 11 is 0. The molecule has 2 aromatic rings. The zero-order chi connectivity index (χ0) is 19.2. The summed E-state index contributed by atoms with van der Waals surface area (Å²) in [5, 5.41) is 0. The molecule has 1 aromatic carbocycles. The number of benzene rings is 1. The lowest BCUT2D eigenvalue weighted by Crippen LogP contribution is -2.34. The number of hydrogen-bond acceptors (Lipinski definition) is 6. The van der Waals surface area contributed by atoms with Crippen molar-refractivity contribution in [3.63, 3.8) is 0 Å². The fourth-order valence-electron chi connectivity index (χ4n) is 2.89. The van der Waals surface area contributed by atoms with Crippen molar-refractivity contribution in [2.24, 2.45) is 0 Å². The van der Waals surface area contributed by atoms with Gasteiger partial charge in [0.25, 0.3) is 5.91 Å². The normalized spacial score (nSPS) is 16.4. The first kappa shape index (κ1) is 18.9. The molecule has 7 nitrogen and oxygen atoms in total. The third kappa shape index (κ3) is 5.09. The summed E-state index contributed by atoms with van der Waals surface area (Å²) in [5.41, 5.74) is 1.24. The lowest BCUT2D eigenvalue weighted by molar-refractivity contribution is -0.132. The third-order valence-electron chi connectivity index (χ3n) is 4.49. The number of aromatic nitrogens is 2. The third-order valence-corrected chi connectivity index (χ3v) is 4.49. The topological polar surface area (TPSA) is 73.8 Å². The first-order valence-corrected chi connectivity index (χ1v) is 9.08. The fraction of sp³-hybridized carbons (Fsp3) is 0.450. The highest BCUT2D eigenvalue weighted by atomic mass is 16.5. The van der Waals surface area contributed by atoms with E-state index in [1.807, 2.05) is 24.3 Å². The van der Waals surface area contributed by atoms with Gasteiger partial charge in [-0.3, -0.25) is 9.78 Å². The molecule has 1 saturated heterocycles. The summed E-state index contributed by atoms with van der Waals surface area (Å²) in [5.74, 6) is 1.92. The zero-order valence-corrected chi connectivity index (χ0v) is 15.9. The van der Waals surface area contributed by atoms with Crippen LogP contribution < -0.4 is 14.2 Å². The molecule has 0 spiro atoms. The SMILES string of the molecule is COc1cncc(OC2CCN(C(=O)COc3ccc(C(C)C)cc3)C2)n1. The van der Waals surface area contributed by atoms with Gasteiger partial charge < -0.3 is 19.1 Å². The number of methoxy groups -OCH3 is 1. The van der Waals surface area contributed by atoms with Gasteiger partial charge in [-0.25, -0.2) is 0 Å². The predicted octanol–water partition coefficient (Wildman–Crippen LogP) is 2.67. The van der Waals surface area contributed by atoms with Crippen LogP contribution in [0.4, 0.5) is 0 Å². The van der Waals surface area contributed by atoms with E-state index in [4.69, 9.17) is 14.2 Å². The van der Waals surface area contributed by atoms with Crippen molar-refractivity contribution in [1.29, 1.82) is 0 Å². The number of rotatable bonds is 7. The van der Waals surface area contributed by atoms with E-state index in [-0.39, 0.29) is 18.6 Å². The van der Waals surface area contributed by atoms with E-state index in [1.165, 1.54) is 25.1 Å². The first-order chi connectivity index (χ1) is 13.0. The Morgan fingerprint density at radius 3 is 2.67 bits per heavy atom. The minimum absolute atomic E-state index is 0.0205. The molecular formula is C20H25N3O4. The van der Waals surface area contributed by atoms with Gasteiger partial charge in [-0.2, -0.15) is 4.98 Å². The van der Waals surface area contributed by atoms with Crippen LogP contribution in [0.15, 0.2) is 36.7 Å². The highest BCUT2D eigenvalue weighted by Crippen LogP contribution is 2.20. The molecule has 0 bridgehead atoms. The number of amides is 1. The molecule has 1 amide bonds. The van der Waals surface area contributed by atoms with Crippen LogP contribution in [0.5, 0.6) is 17.5 Å². The van der Waals surface area contributed by atoms with E-state index < -0.39 is 0 Å². The van der Waals surface area contributed by atoms with Gasteiger partial charge in [-0.1, -0.05) is 26.0 Å². The van der Waals surface area contributed by atoms with Gasteiger partial charge >= 0.3 is 0 Å². The standard InChI is InChI=1S/C20H25N3O4/c1-14(2)15-4-6-16(7-5-15)26-13-20(24)23-9-8-17(12-23)27-19-11-21-10-18(22-19)25-3/h4-7,10-11,14,17H,8-9,12-13H2,1-3H3. The monoisotopic (exact) mass is 371 g/mol. The van der Waals surface area contributed by atoms with Crippen LogP contribution in [0.25, 0.3) is 0 Å². The minimum atomic E-state index is -0.110. The molecule has 0 aliphatic carbocycles. The molecule has 1 fully saturated rings. The second-order valence-electron chi connectivity index (χ2n) is 6.78. The van der Waals surface area contributed by atoms with Gasteiger partial charge in [-0.05, 0) is 23.6 Å². The number of likely N-dealkylation sites (tertiary alicyclic amines) is 1. The van der Waals surface area contributed by atoms with E-state index in [0.29, 0.717) is 36.5 Å². The molecule has 0 saturated carbocycles. The van der Waals surface area contributed by atoms with Crippen molar-refractivity contribution >= 4 is 5.91 Å². The molecule has 1 aromatic heterocycles. The maximum absolute atomic E-state index is 12.4. The van der Waals surface area contributed by atoms with E-state index in [1.54, 1.807) is 4.90 Å². The van der Waals surface area contributed by atoms with E-state index >= 15 is 0 Å². The van der Waals surface area contributed by atoms with Crippen LogP contribution in [0.2, 0.25) is 0 Å². The Morgan fingerprint density at radius 2 is 1.96 bits per heavy atom. The highest BCUT2D eigenvalue weighted by molar-refractivity contribution is 5.78. The smallest absolute Gasteiger partial charge is 0.260 e. The zero-order valence-electron chi connectivity index (χ0n) is 15.9. The molecule has 1 aliphatic rings. The minimum Gasteiger partial charge on any atom is -0.484 e. The molecule has 0 N–H and O–H groups in total. The predicted molar refractivity (Wildman–Crippen MR) is 100 cm³/mol. The number of carbonyl (C=O) groups is 1. The largest absolute Gasteiger partial charge is 0.484 e. The van der Waals surface area contributed by atoms with Crippen molar-refractivity contribution in [2.45, 2.75) is 32.3 Å². The van der Waals surface area contributed by atoms with E-state index in [2.05, 4.69) is 23.8 Å². The molecule has 27 heavy (non-hydrogen) atoms. The number of hydrogen-bond donors (Lipinski definition) is 0. The van der Waals surface area contributed by atoms with E-state index in [0.717, 1.165) is 6.42 Å². The quantitative estimate of drug-likeness (QED) is 0.745. The van der Waals surface area contributed by atoms with Crippen LogP contribution >= 0.6 is 0 Å². The molecule has 1 atom stereocenters. The molecule has 3 rings (SSSR count). The summed E-state index contributed by atoms with van der Waals surface area (Å²) in [6, 6.07) is 7.86. The van der Waals surface area contributed by atoms with Crippen LogP contribution in [0.1, 0.15) is 31.7 Å². The van der Waals surface area contributed by atoms with Crippen LogP contribution in [0, 0.1) is 0 Å². The lowest BCUT2D eigenvalue weighted by atomic mass is 10.0. The van der Waals surface area contributed by atoms with Gasteiger partial charge in [0.2, 0.25) is 11.8 Å². The average Bonchev–Trinajstić information content (AvgIpc) is 3.15. The summed E-state index contributed by atoms with van der Waals surface area (Å²) < 4.78 is 16.5. The second kappa shape index (κ2) is 8.70. The van der Waals surface area contributed by atoms with Crippen LogP contribution in [-0.4, -0.2) is 53.7 Å². The van der Waals surface area contributed by atoms with Gasteiger partial charge in [0, 0.05) is 13.0 Å². The Kier molecular flexibility index (Phi) is 6.11. The van der Waals surface area contributed by atoms with Crippen molar-refractivity contribution < 1.29 is 19.0 Å². The Bertz CT molecular complexity index is 764. The van der Waals surface area contributed by atoms with Crippen molar-refractivity contribution in [2.75, 3.05) is 26.8 Å². The Hall–Kier alpha value is -2.83. The average molecular weight is 371 g/mol. The van der Waals surface area contributed by atoms with Crippen molar-refractivity contribution in [3.05, 3.63) is 42.2 Å². The Balaban J connectivity index is 1.47. The van der Waals surface area contributed by atoms with Crippen molar-refractivity contribution in [3.8, 4) is 17.5 Å². The molecule has 7 heteroatoms. The molecule has 0 radical (unpaired) electrons. The summed E-state index contributed by atoms with van der Waals surface area (Å²) in [6.45, 7) is 5.45. The van der Waals surface area contributed by atoms with Gasteiger partial charge in [0.05, 0.1) is 26.0 Å². The number of carbonyl (C=O) groups excluding carboxylic acids is 1. The number of ether oxygens (including phenoxy) is 3. The molecule has 1 aliphatic heterocycles. The number of nitrogens with zero attached hydrogens (tertiary/aromatic N) is 3. The maximum atomic E-state index is 12.4. The van der Waals surface area contributed by atoms with Gasteiger partial charge in [0.15, 0.2) is 6.61 Å². The molecule has 2 heterocycles. The first-order valence-electron chi connectivity index (χ1n) is 9.08. The summed E-state index contributed by atoms with van der Waals surface area (Å²) in [7, 11) is 1.53. The van der Waals surface area contributed by atoms with Crippen molar-refractivity contribution in [1.82, 2.24) is 14.9 Å². The lowest BCUT2D eigenvalue weighted by Gasteiger charge is -2.17. The summed E-state index contributed by atoms with van der Waals surface area (Å²) in [6.07, 6.45) is 3.69. The van der Waals surface area contributed by atoms with Gasteiger partial charge in [0.1, 0.15) is 11.9 Å². The Labute approximate surface area is 159 Å². The fourth-order valence-corrected chi connectivity index (χ4v) is 2.89. The van der Waals surface area contributed by atoms with Crippen LogP contribution in [-0.2, 0) is 4.79 Å². The highest BCUT2D eigenvalue weighted by Gasteiger charge is 2.28. The van der Waals surface area contributed by atoms with Gasteiger partial charge in [-0.15, -0.1) is 0 Å². The Morgan fingerprint density at radius 1 is 1.22 bits per heavy atom. The van der Waals surface area contributed by atoms with Crippen LogP contribution in [0.3, 0.4) is 0 Å². The van der Waals surface area contributed by atoms with E-state index in [9.17, 15) is 4.79 Å². The maximum Gasteiger partial charge on any atom is 0.260 e. The summed E-state index contributed by atoms with van der Waals surface area (Å²) in [4.78, 5) is 22.3. The molecular weight excluding hydrogens is 346 g/mol. The molecule has 144 valence electrons. The molecule has 1 unspecified atom stereocenters. The second-order valence-corrected chi connectivity index (χ2v) is 6.78.